The van der Waals surface area contributed by atoms with Crippen molar-refractivity contribution in [3.63, 3.8) is 0 Å². The van der Waals surface area contributed by atoms with Crippen LogP contribution in [0.3, 0.4) is 0 Å². The van der Waals surface area contributed by atoms with Crippen LogP contribution in [-0.2, 0) is 15.8 Å². The van der Waals surface area contributed by atoms with Gasteiger partial charge in [-0.1, -0.05) is 12.1 Å². The number of rotatable bonds is 3. The lowest BCUT2D eigenvalue weighted by Crippen LogP contribution is -2.45. The van der Waals surface area contributed by atoms with Gasteiger partial charge in [-0.3, -0.25) is 9.59 Å². The number of carbonyl (C=O) groups excluding carboxylic acids is 2. The summed E-state index contributed by atoms with van der Waals surface area (Å²) in [6.07, 6.45) is -4.40. The first-order valence-electron chi connectivity index (χ1n) is 6.57. The molecule has 1 fully saturated rings. The summed E-state index contributed by atoms with van der Waals surface area (Å²) in [7, 11) is 1.47. The molecule has 2 amide bonds. The number of hydrogen-bond acceptors (Lipinski definition) is 3. The van der Waals surface area contributed by atoms with E-state index in [2.05, 4.69) is 5.32 Å². The van der Waals surface area contributed by atoms with Crippen LogP contribution in [-0.4, -0.2) is 35.6 Å². The summed E-state index contributed by atoms with van der Waals surface area (Å²) < 4.78 is 37.8. The smallest absolute Gasteiger partial charge is 0.357 e. The van der Waals surface area contributed by atoms with Gasteiger partial charge in [0.1, 0.15) is 11.4 Å². The zero-order valence-corrected chi connectivity index (χ0v) is 12.8. The molecule has 0 aromatic heterocycles. The summed E-state index contributed by atoms with van der Waals surface area (Å²) in [6, 6.07) is 3.99. The summed E-state index contributed by atoms with van der Waals surface area (Å²) >= 11 is 1.30. The Balaban J connectivity index is 2.27. The molecule has 1 saturated heterocycles. The second-order valence-corrected chi connectivity index (χ2v) is 5.94. The number of halogens is 3. The van der Waals surface area contributed by atoms with Crippen LogP contribution in [0.5, 0.6) is 0 Å². The van der Waals surface area contributed by atoms with Crippen molar-refractivity contribution in [2.45, 2.75) is 24.5 Å². The van der Waals surface area contributed by atoms with Gasteiger partial charge in [0, 0.05) is 7.05 Å². The van der Waals surface area contributed by atoms with E-state index in [0.29, 0.717) is 5.56 Å². The molecule has 0 spiro atoms. The first-order valence-corrected chi connectivity index (χ1v) is 7.62. The summed E-state index contributed by atoms with van der Waals surface area (Å²) in [5.74, 6) is -0.314. The molecule has 1 aliphatic rings. The van der Waals surface area contributed by atoms with Gasteiger partial charge in [0.15, 0.2) is 0 Å². The fourth-order valence-electron chi connectivity index (χ4n) is 2.28. The molecule has 1 N–H and O–H groups in total. The van der Waals surface area contributed by atoms with E-state index in [0.717, 1.165) is 12.1 Å². The fraction of sp³-hybridized carbons (Fsp3) is 0.429. The molecule has 0 saturated carbocycles. The van der Waals surface area contributed by atoms with E-state index in [1.807, 2.05) is 0 Å². The number of alkyl halides is 3. The quantitative estimate of drug-likeness (QED) is 0.925. The molecule has 0 bridgehead atoms. The zero-order valence-electron chi connectivity index (χ0n) is 12.0. The van der Waals surface area contributed by atoms with Crippen molar-refractivity contribution in [1.82, 2.24) is 10.2 Å². The third kappa shape index (κ3) is 3.21. The Bertz CT molecular complexity index is 574. The number of thioether (sulfide) groups is 1. The second kappa shape index (κ2) is 6.20. The van der Waals surface area contributed by atoms with Crippen molar-refractivity contribution in [1.29, 1.82) is 0 Å². The Kier molecular flexibility index (Phi) is 4.69. The molecule has 0 unspecified atom stereocenters. The van der Waals surface area contributed by atoms with E-state index in [9.17, 15) is 22.8 Å². The van der Waals surface area contributed by atoms with Gasteiger partial charge >= 0.3 is 6.18 Å². The van der Waals surface area contributed by atoms with Crippen LogP contribution in [0, 0.1) is 0 Å². The summed E-state index contributed by atoms with van der Waals surface area (Å²) in [4.78, 5) is 25.1. The van der Waals surface area contributed by atoms with Gasteiger partial charge in [0.2, 0.25) is 11.8 Å². The number of carbonyl (C=O) groups is 2. The highest BCUT2D eigenvalue weighted by atomic mass is 32.2. The molecule has 2 rings (SSSR count). The van der Waals surface area contributed by atoms with E-state index in [1.165, 1.54) is 35.8 Å². The number of likely N-dealkylation sites (N-methyl/N-ethyl adjacent to an activating group) is 1. The van der Waals surface area contributed by atoms with Gasteiger partial charge in [0.25, 0.3) is 0 Å². The topological polar surface area (TPSA) is 49.4 Å². The van der Waals surface area contributed by atoms with E-state index in [-0.39, 0.29) is 17.6 Å². The van der Waals surface area contributed by atoms with E-state index in [1.54, 1.807) is 6.92 Å². The van der Waals surface area contributed by atoms with Crippen LogP contribution in [0.25, 0.3) is 0 Å². The molecule has 0 aliphatic carbocycles. The molecule has 1 heterocycles. The number of hydrogen-bond donors (Lipinski definition) is 1. The maximum atomic E-state index is 12.6. The number of nitrogens with zero attached hydrogens (tertiary/aromatic N) is 1. The SMILES string of the molecule is CNC(=O)[C@H](C)N1C(=O)CS[C@@H]1c1ccc(C(F)(F)F)cc1. The Morgan fingerprint density at radius 3 is 2.45 bits per heavy atom. The van der Waals surface area contributed by atoms with E-state index in [4.69, 9.17) is 0 Å². The highest BCUT2D eigenvalue weighted by Gasteiger charge is 2.39. The lowest BCUT2D eigenvalue weighted by molar-refractivity contribution is -0.138. The minimum Gasteiger partial charge on any atom is -0.357 e. The number of benzene rings is 1. The van der Waals surface area contributed by atoms with Crippen LogP contribution >= 0.6 is 11.8 Å². The fourth-order valence-corrected chi connectivity index (χ4v) is 3.54. The average Bonchev–Trinajstić information content (AvgIpc) is 2.86. The molecule has 1 aromatic rings. The van der Waals surface area contributed by atoms with Crippen LogP contribution in [0.15, 0.2) is 24.3 Å². The van der Waals surface area contributed by atoms with Crippen LogP contribution in [0.2, 0.25) is 0 Å². The van der Waals surface area contributed by atoms with E-state index < -0.39 is 23.2 Å². The molecule has 4 nitrogen and oxygen atoms in total. The summed E-state index contributed by atoms with van der Waals surface area (Å²) in [6.45, 7) is 1.60. The molecule has 1 aliphatic heterocycles. The predicted molar refractivity (Wildman–Crippen MR) is 77.0 cm³/mol. The van der Waals surface area contributed by atoms with Crippen molar-refractivity contribution >= 4 is 23.6 Å². The largest absolute Gasteiger partial charge is 0.416 e. The van der Waals surface area contributed by atoms with Gasteiger partial charge in [0.05, 0.1) is 11.3 Å². The highest BCUT2D eigenvalue weighted by Crippen LogP contribution is 2.40. The van der Waals surface area contributed by atoms with Crippen LogP contribution in [0.1, 0.15) is 23.4 Å². The molecule has 0 radical (unpaired) electrons. The standard InChI is InChI=1S/C14H15F3N2O2S/c1-8(12(21)18-2)19-11(20)7-22-13(19)9-3-5-10(6-4-9)14(15,16)17/h3-6,8,13H,7H2,1-2H3,(H,18,21)/t8-,13+/m0/s1. The third-order valence-corrected chi connectivity index (χ3v) is 4.70. The minimum atomic E-state index is -4.40. The van der Waals surface area contributed by atoms with E-state index >= 15 is 0 Å². The van der Waals surface area contributed by atoms with Crippen molar-refractivity contribution in [3.8, 4) is 0 Å². The van der Waals surface area contributed by atoms with Crippen LogP contribution < -0.4 is 5.32 Å². The Morgan fingerprint density at radius 2 is 1.95 bits per heavy atom. The molecule has 22 heavy (non-hydrogen) atoms. The number of amides is 2. The normalized spacial score (nSPS) is 20.1. The van der Waals surface area contributed by atoms with Gasteiger partial charge in [-0.05, 0) is 24.6 Å². The lowest BCUT2D eigenvalue weighted by atomic mass is 10.1. The van der Waals surface area contributed by atoms with Gasteiger partial charge < -0.3 is 10.2 Å². The van der Waals surface area contributed by atoms with Gasteiger partial charge in [-0.15, -0.1) is 11.8 Å². The zero-order chi connectivity index (χ0) is 16.5. The lowest BCUT2D eigenvalue weighted by Gasteiger charge is -2.29. The van der Waals surface area contributed by atoms with Crippen molar-refractivity contribution in [2.24, 2.45) is 0 Å². The Morgan fingerprint density at radius 1 is 1.36 bits per heavy atom. The van der Waals surface area contributed by atoms with Crippen LogP contribution in [0.4, 0.5) is 13.2 Å². The Labute approximate surface area is 130 Å². The van der Waals surface area contributed by atoms with Crippen molar-refractivity contribution in [3.05, 3.63) is 35.4 Å². The van der Waals surface area contributed by atoms with Crippen molar-refractivity contribution < 1.29 is 22.8 Å². The minimum absolute atomic E-state index is 0.201. The first kappa shape index (κ1) is 16.7. The predicted octanol–water partition coefficient (Wildman–Crippen LogP) is 2.41. The highest BCUT2D eigenvalue weighted by molar-refractivity contribution is 8.00. The maximum Gasteiger partial charge on any atom is 0.416 e. The summed E-state index contributed by atoms with van der Waals surface area (Å²) in [5, 5.41) is 2.02. The third-order valence-electron chi connectivity index (χ3n) is 3.47. The van der Waals surface area contributed by atoms with Crippen molar-refractivity contribution in [2.75, 3.05) is 12.8 Å². The van der Waals surface area contributed by atoms with Gasteiger partial charge in [-0.2, -0.15) is 13.2 Å². The number of nitrogens with one attached hydrogen (secondary N) is 1. The first-order chi connectivity index (χ1) is 10.3. The second-order valence-electron chi connectivity index (χ2n) is 4.87. The average molecular weight is 332 g/mol. The molecular formula is C14H15F3N2O2S. The molecule has 1 aromatic carbocycles. The molecule has 8 heteroatoms. The molecule has 120 valence electrons. The monoisotopic (exact) mass is 332 g/mol. The maximum absolute atomic E-state index is 12.6. The molecular weight excluding hydrogens is 317 g/mol. The molecule has 2 atom stereocenters. The van der Waals surface area contributed by atoms with Gasteiger partial charge in [-0.25, -0.2) is 0 Å². The summed E-state index contributed by atoms with van der Waals surface area (Å²) in [5.41, 5.74) is -0.170. The Hall–Kier alpha value is -1.70.